The van der Waals surface area contributed by atoms with Gasteiger partial charge in [-0.25, -0.2) is 9.18 Å². The first-order valence-corrected chi connectivity index (χ1v) is 11.0. The lowest BCUT2D eigenvalue weighted by molar-refractivity contribution is -0.117. The first-order chi connectivity index (χ1) is 15.9. The predicted octanol–water partition coefficient (Wildman–Crippen LogP) is 3.32. The minimum Gasteiger partial charge on any atom is -0.497 e. The molecule has 0 saturated heterocycles. The van der Waals surface area contributed by atoms with Crippen molar-refractivity contribution < 1.29 is 23.5 Å². The van der Waals surface area contributed by atoms with Gasteiger partial charge >= 0.3 is 6.03 Å². The Balaban J connectivity index is 1.76. The van der Waals surface area contributed by atoms with Gasteiger partial charge in [0.1, 0.15) is 23.9 Å². The average molecular weight is 474 g/mol. The molecule has 33 heavy (non-hydrogen) atoms. The summed E-state index contributed by atoms with van der Waals surface area (Å²) in [4.78, 5) is 23.8. The van der Waals surface area contributed by atoms with Crippen molar-refractivity contribution in [3.63, 3.8) is 0 Å². The van der Waals surface area contributed by atoms with Crippen molar-refractivity contribution in [1.29, 1.82) is 0 Å². The number of rotatable bonds is 9. The highest BCUT2D eigenvalue weighted by atomic mass is 32.2. The molecule has 3 aromatic rings. The van der Waals surface area contributed by atoms with Gasteiger partial charge in [0, 0.05) is 6.04 Å². The summed E-state index contributed by atoms with van der Waals surface area (Å²) in [7, 11) is 1.57. The molecule has 0 aliphatic heterocycles. The zero-order valence-electron chi connectivity index (χ0n) is 18.4. The molecule has 1 heterocycles. The Kier molecular flexibility index (Phi) is 8.25. The fourth-order valence-electron chi connectivity index (χ4n) is 2.77. The number of urea groups is 1. The maximum atomic E-state index is 14.6. The number of methoxy groups -OCH3 is 1. The molecule has 2 aromatic carbocycles. The number of hydrogen-bond donors (Lipinski definition) is 2. The van der Waals surface area contributed by atoms with Gasteiger partial charge in [0.2, 0.25) is 5.91 Å². The molecule has 0 fully saturated rings. The number of ether oxygens (including phenoxy) is 2. The normalized spacial score (nSPS) is 10.7. The van der Waals surface area contributed by atoms with Gasteiger partial charge in [-0.1, -0.05) is 23.9 Å². The van der Waals surface area contributed by atoms with Crippen LogP contribution in [0.4, 0.5) is 9.18 Å². The molecule has 0 aliphatic carbocycles. The van der Waals surface area contributed by atoms with E-state index < -0.39 is 17.8 Å². The minimum atomic E-state index is -0.584. The molecule has 3 amide bonds. The van der Waals surface area contributed by atoms with E-state index in [9.17, 15) is 14.0 Å². The summed E-state index contributed by atoms with van der Waals surface area (Å²) in [5.41, 5.74) is 0.219. The number of para-hydroxylation sites is 1. The first-order valence-electron chi connectivity index (χ1n) is 10.1. The van der Waals surface area contributed by atoms with Crippen molar-refractivity contribution in [3.8, 4) is 17.2 Å². The number of benzene rings is 2. The molecule has 2 N–H and O–H groups in total. The zero-order chi connectivity index (χ0) is 23.8. The van der Waals surface area contributed by atoms with Crippen molar-refractivity contribution >= 4 is 23.7 Å². The molecular formula is C22H24FN5O4S. The van der Waals surface area contributed by atoms with Gasteiger partial charge in [-0.2, -0.15) is 0 Å². The van der Waals surface area contributed by atoms with Crippen LogP contribution in [0.25, 0.3) is 5.69 Å². The molecule has 0 unspecified atom stereocenters. The second-order valence-corrected chi connectivity index (χ2v) is 8.06. The minimum absolute atomic E-state index is 0.0111. The topological polar surface area (TPSA) is 107 Å². The maximum Gasteiger partial charge on any atom is 0.321 e. The van der Waals surface area contributed by atoms with E-state index in [0.29, 0.717) is 17.3 Å². The van der Waals surface area contributed by atoms with E-state index in [4.69, 9.17) is 9.47 Å². The summed E-state index contributed by atoms with van der Waals surface area (Å²) in [6, 6.07) is 12.5. The van der Waals surface area contributed by atoms with Crippen LogP contribution in [0.5, 0.6) is 11.5 Å². The van der Waals surface area contributed by atoms with Crippen LogP contribution in [-0.4, -0.2) is 45.6 Å². The van der Waals surface area contributed by atoms with Crippen LogP contribution >= 0.6 is 11.8 Å². The SMILES string of the molecule is COc1ccc(OCc2nnc(SCC(=O)NC(=O)NC(C)C)n2-c2ccccc2F)cc1. The molecule has 0 spiro atoms. The van der Waals surface area contributed by atoms with Crippen molar-refractivity contribution in [1.82, 2.24) is 25.4 Å². The van der Waals surface area contributed by atoms with E-state index in [-0.39, 0.29) is 29.2 Å². The Labute approximate surface area is 194 Å². The number of thioether (sulfide) groups is 1. The van der Waals surface area contributed by atoms with E-state index in [2.05, 4.69) is 20.8 Å². The molecule has 0 bridgehead atoms. The average Bonchev–Trinajstić information content (AvgIpc) is 3.19. The fraction of sp³-hybridized carbons (Fsp3) is 0.273. The Morgan fingerprint density at radius 1 is 1.09 bits per heavy atom. The second kappa shape index (κ2) is 11.3. The summed E-state index contributed by atoms with van der Waals surface area (Å²) >= 11 is 1.03. The van der Waals surface area contributed by atoms with Gasteiger partial charge in [0.05, 0.1) is 18.6 Å². The Morgan fingerprint density at radius 2 is 1.79 bits per heavy atom. The molecule has 0 aliphatic rings. The van der Waals surface area contributed by atoms with Crippen LogP contribution in [0.15, 0.2) is 53.7 Å². The summed E-state index contributed by atoms with van der Waals surface area (Å²) < 4.78 is 27.0. The molecule has 3 rings (SSSR count). The Morgan fingerprint density at radius 3 is 2.45 bits per heavy atom. The lowest BCUT2D eigenvalue weighted by Gasteiger charge is -2.12. The smallest absolute Gasteiger partial charge is 0.321 e. The maximum absolute atomic E-state index is 14.6. The van der Waals surface area contributed by atoms with Crippen LogP contribution in [0.1, 0.15) is 19.7 Å². The molecular weight excluding hydrogens is 449 g/mol. The van der Waals surface area contributed by atoms with Crippen LogP contribution in [0, 0.1) is 5.82 Å². The number of hydrogen-bond acceptors (Lipinski definition) is 7. The molecule has 9 nitrogen and oxygen atoms in total. The van der Waals surface area contributed by atoms with Crippen molar-refractivity contribution in [2.45, 2.75) is 31.7 Å². The fourth-order valence-corrected chi connectivity index (χ4v) is 3.54. The van der Waals surface area contributed by atoms with Gasteiger partial charge in [0.25, 0.3) is 0 Å². The Bertz CT molecular complexity index is 1100. The van der Waals surface area contributed by atoms with Gasteiger partial charge in [-0.3, -0.25) is 14.7 Å². The summed E-state index contributed by atoms with van der Waals surface area (Å²) in [5.74, 6) is 0.496. The van der Waals surface area contributed by atoms with Crippen LogP contribution < -0.4 is 20.1 Å². The molecule has 0 saturated carbocycles. The van der Waals surface area contributed by atoms with E-state index >= 15 is 0 Å². The largest absolute Gasteiger partial charge is 0.497 e. The van der Waals surface area contributed by atoms with Crippen LogP contribution in [0.2, 0.25) is 0 Å². The zero-order valence-corrected chi connectivity index (χ0v) is 19.2. The molecule has 11 heteroatoms. The third-order valence-electron chi connectivity index (χ3n) is 4.23. The highest BCUT2D eigenvalue weighted by Gasteiger charge is 2.19. The number of nitrogens with zero attached hydrogens (tertiary/aromatic N) is 3. The first kappa shape index (κ1) is 24.1. The highest BCUT2D eigenvalue weighted by molar-refractivity contribution is 7.99. The third kappa shape index (κ3) is 6.69. The number of aromatic nitrogens is 3. The van der Waals surface area contributed by atoms with Gasteiger partial charge in [-0.05, 0) is 50.2 Å². The summed E-state index contributed by atoms with van der Waals surface area (Å²) in [6.45, 7) is 3.58. The van der Waals surface area contributed by atoms with Crippen LogP contribution in [0.3, 0.4) is 0 Å². The number of halogens is 1. The lowest BCUT2D eigenvalue weighted by Crippen LogP contribution is -2.43. The molecule has 1 aromatic heterocycles. The highest BCUT2D eigenvalue weighted by Crippen LogP contribution is 2.25. The van der Waals surface area contributed by atoms with Gasteiger partial charge < -0.3 is 14.8 Å². The Hall–Kier alpha value is -3.60. The van der Waals surface area contributed by atoms with E-state index in [1.807, 2.05) is 0 Å². The number of nitrogens with one attached hydrogen (secondary N) is 2. The molecule has 174 valence electrons. The standard InChI is InChI=1S/C22H24FN5O4S/c1-14(2)24-21(30)25-20(29)13-33-22-27-26-19(28(22)18-7-5-4-6-17(18)23)12-32-16-10-8-15(31-3)9-11-16/h4-11,14H,12-13H2,1-3H3,(H2,24,25,29,30). The van der Waals surface area contributed by atoms with Crippen molar-refractivity contribution in [3.05, 3.63) is 60.2 Å². The monoisotopic (exact) mass is 473 g/mol. The summed E-state index contributed by atoms with van der Waals surface area (Å²) in [6.07, 6.45) is 0. The number of carbonyl (C=O) groups excluding carboxylic acids is 2. The van der Waals surface area contributed by atoms with Crippen molar-refractivity contribution in [2.24, 2.45) is 0 Å². The van der Waals surface area contributed by atoms with Crippen LogP contribution in [-0.2, 0) is 11.4 Å². The quantitative estimate of drug-likeness (QED) is 0.459. The van der Waals surface area contributed by atoms with Gasteiger partial charge in [-0.15, -0.1) is 10.2 Å². The number of imide groups is 1. The van der Waals surface area contributed by atoms with Gasteiger partial charge in [0.15, 0.2) is 11.0 Å². The number of carbonyl (C=O) groups is 2. The molecule has 0 radical (unpaired) electrons. The number of amides is 3. The third-order valence-corrected chi connectivity index (χ3v) is 5.16. The van der Waals surface area contributed by atoms with Crippen molar-refractivity contribution in [2.75, 3.05) is 12.9 Å². The second-order valence-electron chi connectivity index (χ2n) is 7.11. The van der Waals surface area contributed by atoms with E-state index in [1.54, 1.807) is 63.4 Å². The van der Waals surface area contributed by atoms with E-state index in [1.165, 1.54) is 10.6 Å². The molecule has 0 atom stereocenters. The van der Waals surface area contributed by atoms with E-state index in [0.717, 1.165) is 11.8 Å². The summed E-state index contributed by atoms with van der Waals surface area (Å²) in [5, 5.41) is 13.3. The lowest BCUT2D eigenvalue weighted by atomic mass is 10.3. The predicted molar refractivity (Wildman–Crippen MR) is 121 cm³/mol.